The van der Waals surface area contributed by atoms with Gasteiger partial charge in [-0.2, -0.15) is 0 Å². The second kappa shape index (κ2) is 8.71. The zero-order valence-electron chi connectivity index (χ0n) is 15.9. The van der Waals surface area contributed by atoms with Crippen molar-refractivity contribution in [3.05, 3.63) is 59.2 Å². The second-order valence-corrected chi connectivity index (χ2v) is 6.99. The van der Waals surface area contributed by atoms with Crippen LogP contribution in [0.4, 0.5) is 5.69 Å². The monoisotopic (exact) mass is 366 g/mol. The van der Waals surface area contributed by atoms with Gasteiger partial charge in [0.1, 0.15) is 5.75 Å². The number of nitrogens with one attached hydrogen (secondary N) is 2. The van der Waals surface area contributed by atoms with E-state index in [1.54, 1.807) is 37.4 Å². The molecule has 0 unspecified atom stereocenters. The number of aryl methyl sites for hydroxylation is 1. The van der Waals surface area contributed by atoms with Crippen molar-refractivity contribution < 1.29 is 14.3 Å². The Balaban J connectivity index is 1.74. The minimum Gasteiger partial charge on any atom is -0.496 e. The van der Waals surface area contributed by atoms with Gasteiger partial charge < -0.3 is 15.4 Å². The highest BCUT2D eigenvalue weighted by Crippen LogP contribution is 2.22. The van der Waals surface area contributed by atoms with Crippen molar-refractivity contribution in [1.29, 1.82) is 0 Å². The van der Waals surface area contributed by atoms with Gasteiger partial charge in [0, 0.05) is 11.6 Å². The van der Waals surface area contributed by atoms with Gasteiger partial charge in [0.05, 0.1) is 18.4 Å². The zero-order valence-corrected chi connectivity index (χ0v) is 15.9. The van der Waals surface area contributed by atoms with E-state index in [1.807, 2.05) is 19.1 Å². The molecule has 0 atom stereocenters. The summed E-state index contributed by atoms with van der Waals surface area (Å²) in [6, 6.07) is 12.6. The van der Waals surface area contributed by atoms with Crippen LogP contribution in [-0.2, 0) is 0 Å². The van der Waals surface area contributed by atoms with Crippen LogP contribution in [0.15, 0.2) is 42.5 Å². The average molecular weight is 366 g/mol. The van der Waals surface area contributed by atoms with Crippen LogP contribution in [0.3, 0.4) is 0 Å². The molecule has 0 radical (unpaired) electrons. The van der Waals surface area contributed by atoms with Gasteiger partial charge in [-0.1, -0.05) is 31.4 Å². The minimum absolute atomic E-state index is 0.135. The molecule has 1 aliphatic carbocycles. The van der Waals surface area contributed by atoms with E-state index < -0.39 is 0 Å². The SMILES string of the molecule is COc1ccc(C(=O)Nc2ccccc2C(=O)NC2CCCCC2)cc1C. The maximum atomic E-state index is 12.7. The molecule has 0 aromatic heterocycles. The second-order valence-electron chi connectivity index (χ2n) is 6.99. The zero-order chi connectivity index (χ0) is 19.2. The molecule has 1 saturated carbocycles. The third-order valence-corrected chi connectivity index (χ3v) is 5.02. The Kier molecular flexibility index (Phi) is 6.12. The highest BCUT2D eigenvalue weighted by molar-refractivity contribution is 6.09. The summed E-state index contributed by atoms with van der Waals surface area (Å²) < 4.78 is 5.24. The number of ether oxygens (including phenoxy) is 1. The third-order valence-electron chi connectivity index (χ3n) is 5.02. The normalized spacial score (nSPS) is 14.4. The van der Waals surface area contributed by atoms with E-state index >= 15 is 0 Å². The van der Waals surface area contributed by atoms with Crippen molar-refractivity contribution in [3.8, 4) is 5.75 Å². The molecule has 142 valence electrons. The molecular formula is C22H26N2O3. The molecular weight excluding hydrogens is 340 g/mol. The lowest BCUT2D eigenvalue weighted by atomic mass is 9.95. The first kappa shape index (κ1) is 19.0. The van der Waals surface area contributed by atoms with Crippen molar-refractivity contribution >= 4 is 17.5 Å². The number of carbonyl (C=O) groups excluding carboxylic acids is 2. The van der Waals surface area contributed by atoms with E-state index in [9.17, 15) is 9.59 Å². The first-order valence-corrected chi connectivity index (χ1v) is 9.44. The number of hydrogen-bond donors (Lipinski definition) is 2. The molecule has 2 N–H and O–H groups in total. The summed E-state index contributed by atoms with van der Waals surface area (Å²) in [5, 5.41) is 5.98. The molecule has 5 heteroatoms. The lowest BCUT2D eigenvalue weighted by Gasteiger charge is -2.23. The van der Waals surface area contributed by atoms with Gasteiger partial charge >= 0.3 is 0 Å². The van der Waals surface area contributed by atoms with Gasteiger partial charge in [0.15, 0.2) is 0 Å². The first-order valence-electron chi connectivity index (χ1n) is 9.44. The lowest BCUT2D eigenvalue weighted by Crippen LogP contribution is -2.36. The number of methoxy groups -OCH3 is 1. The van der Waals surface area contributed by atoms with E-state index in [4.69, 9.17) is 4.74 Å². The summed E-state index contributed by atoms with van der Waals surface area (Å²) in [7, 11) is 1.60. The number of rotatable bonds is 5. The molecule has 2 aromatic carbocycles. The molecule has 0 spiro atoms. The van der Waals surface area contributed by atoms with E-state index in [0.717, 1.165) is 37.0 Å². The highest BCUT2D eigenvalue weighted by Gasteiger charge is 2.19. The van der Waals surface area contributed by atoms with Gasteiger partial charge in [-0.15, -0.1) is 0 Å². The third kappa shape index (κ3) is 4.67. The van der Waals surface area contributed by atoms with Gasteiger partial charge in [0.2, 0.25) is 0 Å². The number of anilines is 1. The molecule has 0 heterocycles. The Hall–Kier alpha value is -2.82. The number of benzene rings is 2. The van der Waals surface area contributed by atoms with Crippen molar-refractivity contribution in [3.63, 3.8) is 0 Å². The van der Waals surface area contributed by atoms with Crippen LogP contribution in [0.5, 0.6) is 5.75 Å². The van der Waals surface area contributed by atoms with Crippen LogP contribution in [-0.4, -0.2) is 25.0 Å². The summed E-state index contributed by atoms with van der Waals surface area (Å²) in [6.45, 7) is 1.89. The topological polar surface area (TPSA) is 67.4 Å². The summed E-state index contributed by atoms with van der Waals surface area (Å²) in [5.41, 5.74) is 2.41. The van der Waals surface area contributed by atoms with Crippen molar-refractivity contribution in [2.75, 3.05) is 12.4 Å². The molecule has 2 amide bonds. The van der Waals surface area contributed by atoms with Gasteiger partial charge in [-0.25, -0.2) is 0 Å². The first-order chi connectivity index (χ1) is 13.1. The van der Waals surface area contributed by atoms with Gasteiger partial charge in [-0.05, 0) is 55.7 Å². The summed E-state index contributed by atoms with van der Waals surface area (Å²) in [5.74, 6) is 0.348. The largest absolute Gasteiger partial charge is 0.496 e. The number of para-hydroxylation sites is 1. The molecule has 3 rings (SSSR count). The summed E-state index contributed by atoms with van der Waals surface area (Å²) in [4.78, 5) is 25.4. The number of carbonyl (C=O) groups is 2. The van der Waals surface area contributed by atoms with Crippen LogP contribution in [0, 0.1) is 6.92 Å². The predicted molar refractivity (Wildman–Crippen MR) is 106 cm³/mol. The quantitative estimate of drug-likeness (QED) is 0.828. The van der Waals surface area contributed by atoms with Crippen LogP contribution in [0.2, 0.25) is 0 Å². The maximum absolute atomic E-state index is 12.7. The van der Waals surface area contributed by atoms with Crippen LogP contribution in [0.1, 0.15) is 58.4 Å². The number of hydrogen-bond acceptors (Lipinski definition) is 3. The average Bonchev–Trinajstić information content (AvgIpc) is 2.69. The standard InChI is InChI=1S/C22H26N2O3/c1-15-14-16(12-13-20(15)27-2)21(25)24-19-11-7-6-10-18(19)22(26)23-17-8-4-3-5-9-17/h6-7,10-14,17H,3-5,8-9H2,1-2H3,(H,23,26)(H,24,25). The Bertz CT molecular complexity index is 826. The Labute approximate surface area is 160 Å². The molecule has 1 fully saturated rings. The van der Waals surface area contributed by atoms with Crippen molar-refractivity contribution in [2.45, 2.75) is 45.1 Å². The fraction of sp³-hybridized carbons (Fsp3) is 0.364. The Morgan fingerprint density at radius 3 is 2.44 bits per heavy atom. The highest BCUT2D eigenvalue weighted by atomic mass is 16.5. The minimum atomic E-state index is -0.251. The van der Waals surface area contributed by atoms with Crippen molar-refractivity contribution in [2.24, 2.45) is 0 Å². The smallest absolute Gasteiger partial charge is 0.255 e. The van der Waals surface area contributed by atoms with Crippen LogP contribution < -0.4 is 15.4 Å². The Morgan fingerprint density at radius 2 is 1.74 bits per heavy atom. The van der Waals surface area contributed by atoms with Gasteiger partial charge in [-0.3, -0.25) is 9.59 Å². The van der Waals surface area contributed by atoms with E-state index in [2.05, 4.69) is 10.6 Å². The number of amides is 2. The maximum Gasteiger partial charge on any atom is 0.255 e. The fourth-order valence-electron chi connectivity index (χ4n) is 3.51. The summed E-state index contributed by atoms with van der Waals surface area (Å²) in [6.07, 6.45) is 5.58. The van der Waals surface area contributed by atoms with E-state index in [1.165, 1.54) is 6.42 Å². The van der Waals surface area contributed by atoms with E-state index in [-0.39, 0.29) is 17.9 Å². The molecule has 0 saturated heterocycles. The van der Waals surface area contributed by atoms with Crippen LogP contribution in [0.25, 0.3) is 0 Å². The lowest BCUT2D eigenvalue weighted by molar-refractivity contribution is 0.0928. The van der Waals surface area contributed by atoms with Gasteiger partial charge in [0.25, 0.3) is 11.8 Å². The molecule has 5 nitrogen and oxygen atoms in total. The molecule has 1 aliphatic rings. The molecule has 27 heavy (non-hydrogen) atoms. The van der Waals surface area contributed by atoms with E-state index in [0.29, 0.717) is 16.8 Å². The molecule has 0 bridgehead atoms. The van der Waals surface area contributed by atoms with Crippen molar-refractivity contribution in [1.82, 2.24) is 5.32 Å². The molecule has 0 aliphatic heterocycles. The molecule has 2 aromatic rings. The Morgan fingerprint density at radius 1 is 1.00 bits per heavy atom. The summed E-state index contributed by atoms with van der Waals surface area (Å²) >= 11 is 0. The fourth-order valence-corrected chi connectivity index (χ4v) is 3.51. The predicted octanol–water partition coefficient (Wildman–Crippen LogP) is 4.32. The van der Waals surface area contributed by atoms with Crippen LogP contribution >= 0.6 is 0 Å².